The van der Waals surface area contributed by atoms with Gasteiger partial charge in [0.1, 0.15) is 0 Å². The van der Waals surface area contributed by atoms with Crippen LogP contribution in [0.25, 0.3) is 0 Å². The first-order chi connectivity index (χ1) is 10.6. The highest BCUT2D eigenvalue weighted by Gasteiger charge is 2.10. The largest absolute Gasteiger partial charge is 0.445 e. The minimum atomic E-state index is -0.162. The van der Waals surface area contributed by atoms with E-state index in [-0.39, 0.29) is 5.91 Å². The number of amides is 1. The average molecular weight is 318 g/mol. The van der Waals surface area contributed by atoms with E-state index in [1.807, 2.05) is 12.3 Å². The molecule has 0 fully saturated rings. The van der Waals surface area contributed by atoms with E-state index in [9.17, 15) is 4.79 Å². The maximum absolute atomic E-state index is 12.0. The Hall–Kier alpha value is -1.72. The Bertz CT molecular complexity index is 623. The SMILES string of the molecule is CSc1ccc(C(=O)NCCc2cccc(CN(C)C)c2)o1. The lowest BCUT2D eigenvalue weighted by molar-refractivity contribution is 0.0921. The van der Waals surface area contributed by atoms with Crippen molar-refractivity contribution in [2.75, 3.05) is 26.9 Å². The molecule has 5 heteroatoms. The summed E-state index contributed by atoms with van der Waals surface area (Å²) in [7, 11) is 4.11. The molecule has 2 aromatic rings. The van der Waals surface area contributed by atoms with Gasteiger partial charge in [0.15, 0.2) is 10.9 Å². The number of carbonyl (C=O) groups is 1. The van der Waals surface area contributed by atoms with E-state index in [1.54, 1.807) is 6.07 Å². The highest BCUT2D eigenvalue weighted by atomic mass is 32.2. The summed E-state index contributed by atoms with van der Waals surface area (Å²) in [5.41, 5.74) is 2.51. The van der Waals surface area contributed by atoms with E-state index in [4.69, 9.17) is 4.42 Å². The summed E-state index contributed by atoms with van der Waals surface area (Å²) in [4.78, 5) is 14.1. The smallest absolute Gasteiger partial charge is 0.287 e. The van der Waals surface area contributed by atoms with Crippen LogP contribution in [-0.4, -0.2) is 37.7 Å². The molecule has 1 heterocycles. The van der Waals surface area contributed by atoms with Crippen molar-refractivity contribution in [3.05, 3.63) is 53.3 Å². The molecule has 0 aliphatic heterocycles. The first-order valence-electron chi connectivity index (χ1n) is 7.23. The van der Waals surface area contributed by atoms with Crippen LogP contribution in [0.2, 0.25) is 0 Å². The quantitative estimate of drug-likeness (QED) is 0.797. The summed E-state index contributed by atoms with van der Waals surface area (Å²) in [5.74, 6) is 0.204. The molecule has 0 unspecified atom stereocenters. The molecule has 4 nitrogen and oxygen atoms in total. The van der Waals surface area contributed by atoms with Gasteiger partial charge in [-0.1, -0.05) is 36.0 Å². The van der Waals surface area contributed by atoms with E-state index in [0.29, 0.717) is 12.3 Å². The maximum Gasteiger partial charge on any atom is 0.287 e. The molecule has 0 bridgehead atoms. The van der Waals surface area contributed by atoms with Crippen molar-refractivity contribution in [1.29, 1.82) is 0 Å². The van der Waals surface area contributed by atoms with E-state index in [1.165, 1.54) is 22.9 Å². The van der Waals surface area contributed by atoms with Crippen LogP contribution in [0, 0.1) is 0 Å². The van der Waals surface area contributed by atoms with Crippen molar-refractivity contribution in [1.82, 2.24) is 10.2 Å². The van der Waals surface area contributed by atoms with Gasteiger partial charge < -0.3 is 14.6 Å². The molecule has 0 aliphatic rings. The molecule has 1 aromatic heterocycles. The number of hydrogen-bond acceptors (Lipinski definition) is 4. The Morgan fingerprint density at radius 2 is 2.00 bits per heavy atom. The highest BCUT2D eigenvalue weighted by Crippen LogP contribution is 2.17. The van der Waals surface area contributed by atoms with Crippen LogP contribution in [-0.2, 0) is 13.0 Å². The number of thioether (sulfide) groups is 1. The van der Waals surface area contributed by atoms with Gasteiger partial charge >= 0.3 is 0 Å². The molecule has 0 aliphatic carbocycles. The molecule has 22 heavy (non-hydrogen) atoms. The Kier molecular flexibility index (Phi) is 6.10. The van der Waals surface area contributed by atoms with Crippen molar-refractivity contribution in [2.45, 2.75) is 18.1 Å². The van der Waals surface area contributed by atoms with Crippen LogP contribution in [0.5, 0.6) is 0 Å². The highest BCUT2D eigenvalue weighted by molar-refractivity contribution is 7.98. The zero-order valence-electron chi connectivity index (χ0n) is 13.3. The fraction of sp³-hybridized carbons (Fsp3) is 0.353. The van der Waals surface area contributed by atoms with Crippen LogP contribution in [0.1, 0.15) is 21.7 Å². The summed E-state index contributed by atoms with van der Waals surface area (Å²) in [6.07, 6.45) is 2.73. The third kappa shape index (κ3) is 4.93. The molecule has 0 radical (unpaired) electrons. The predicted octanol–water partition coefficient (Wildman–Crippen LogP) is 3.04. The van der Waals surface area contributed by atoms with Gasteiger partial charge in [0.25, 0.3) is 5.91 Å². The van der Waals surface area contributed by atoms with E-state index < -0.39 is 0 Å². The number of nitrogens with one attached hydrogen (secondary N) is 1. The van der Waals surface area contributed by atoms with Crippen molar-refractivity contribution in [2.24, 2.45) is 0 Å². The minimum Gasteiger partial charge on any atom is -0.445 e. The zero-order chi connectivity index (χ0) is 15.9. The monoisotopic (exact) mass is 318 g/mol. The Morgan fingerprint density at radius 1 is 1.23 bits per heavy atom. The van der Waals surface area contributed by atoms with Gasteiger partial charge in [-0.2, -0.15) is 0 Å². The molecular formula is C17H22N2O2S. The summed E-state index contributed by atoms with van der Waals surface area (Å²) in [6.45, 7) is 1.52. The molecule has 1 N–H and O–H groups in total. The van der Waals surface area contributed by atoms with Crippen LogP contribution in [0.4, 0.5) is 0 Å². The molecular weight excluding hydrogens is 296 g/mol. The van der Waals surface area contributed by atoms with Gasteiger partial charge in [0, 0.05) is 13.1 Å². The van der Waals surface area contributed by atoms with Crippen molar-refractivity contribution >= 4 is 17.7 Å². The number of rotatable bonds is 7. The number of nitrogens with zero attached hydrogens (tertiary/aromatic N) is 1. The maximum atomic E-state index is 12.0. The van der Waals surface area contributed by atoms with E-state index in [0.717, 1.165) is 18.1 Å². The van der Waals surface area contributed by atoms with Gasteiger partial charge in [-0.05, 0) is 50.0 Å². The predicted molar refractivity (Wildman–Crippen MR) is 90.4 cm³/mol. The number of carbonyl (C=O) groups excluding carboxylic acids is 1. The average Bonchev–Trinajstić information content (AvgIpc) is 2.96. The number of benzene rings is 1. The Balaban J connectivity index is 1.84. The lowest BCUT2D eigenvalue weighted by Gasteiger charge is -2.11. The van der Waals surface area contributed by atoms with Gasteiger partial charge in [0.2, 0.25) is 0 Å². The van der Waals surface area contributed by atoms with Crippen LogP contribution in [0.15, 0.2) is 45.9 Å². The first kappa shape index (κ1) is 16.6. The van der Waals surface area contributed by atoms with Crippen molar-refractivity contribution in [3.63, 3.8) is 0 Å². The van der Waals surface area contributed by atoms with Gasteiger partial charge in [-0.25, -0.2) is 0 Å². The molecule has 0 spiro atoms. The van der Waals surface area contributed by atoms with E-state index in [2.05, 4.69) is 48.6 Å². The van der Waals surface area contributed by atoms with Gasteiger partial charge in [-0.15, -0.1) is 0 Å². The third-order valence-electron chi connectivity index (χ3n) is 3.20. The molecule has 118 valence electrons. The number of furan rings is 1. The number of hydrogen-bond donors (Lipinski definition) is 1. The van der Waals surface area contributed by atoms with Crippen molar-refractivity contribution < 1.29 is 9.21 Å². The molecule has 1 aromatic carbocycles. The van der Waals surface area contributed by atoms with Gasteiger partial charge in [-0.3, -0.25) is 4.79 Å². The van der Waals surface area contributed by atoms with Crippen LogP contribution in [0.3, 0.4) is 0 Å². The van der Waals surface area contributed by atoms with Crippen LogP contribution < -0.4 is 5.32 Å². The minimum absolute atomic E-state index is 0.162. The summed E-state index contributed by atoms with van der Waals surface area (Å²) < 4.78 is 5.41. The second kappa shape index (κ2) is 8.06. The molecule has 0 saturated heterocycles. The topological polar surface area (TPSA) is 45.5 Å². The molecule has 1 amide bonds. The lowest BCUT2D eigenvalue weighted by Crippen LogP contribution is -2.25. The second-order valence-electron chi connectivity index (χ2n) is 5.39. The lowest BCUT2D eigenvalue weighted by atomic mass is 10.1. The molecule has 0 atom stereocenters. The fourth-order valence-corrected chi connectivity index (χ4v) is 2.59. The summed E-state index contributed by atoms with van der Waals surface area (Å²) in [5, 5.41) is 3.64. The van der Waals surface area contributed by atoms with Crippen LogP contribution >= 0.6 is 11.8 Å². The molecule has 0 saturated carbocycles. The third-order valence-corrected chi connectivity index (χ3v) is 3.82. The summed E-state index contributed by atoms with van der Waals surface area (Å²) >= 11 is 1.48. The Labute approximate surface area is 135 Å². The standard InChI is InChI=1S/C17H22N2O2S/c1-19(2)12-14-6-4-5-13(11-14)9-10-18-17(20)15-7-8-16(21-15)22-3/h4-8,11H,9-10,12H2,1-3H3,(H,18,20). The zero-order valence-corrected chi connectivity index (χ0v) is 14.1. The normalized spacial score (nSPS) is 10.9. The van der Waals surface area contributed by atoms with Gasteiger partial charge in [0.05, 0.1) is 0 Å². The summed E-state index contributed by atoms with van der Waals surface area (Å²) in [6, 6.07) is 12.0. The first-order valence-corrected chi connectivity index (χ1v) is 8.45. The van der Waals surface area contributed by atoms with E-state index >= 15 is 0 Å². The Morgan fingerprint density at radius 3 is 2.68 bits per heavy atom. The van der Waals surface area contributed by atoms with Crippen molar-refractivity contribution in [3.8, 4) is 0 Å². The fourth-order valence-electron chi connectivity index (χ4n) is 2.21. The second-order valence-corrected chi connectivity index (χ2v) is 6.20. The molecule has 2 rings (SSSR count).